The smallest absolute Gasteiger partial charge is 0.243 e. The summed E-state index contributed by atoms with van der Waals surface area (Å²) < 4.78 is 0. The number of aliphatic hydroxyl groups is 1. The molecular formula is C5H11NO3. The van der Waals surface area contributed by atoms with Crippen LogP contribution in [-0.4, -0.2) is 22.8 Å². The molecule has 4 nitrogen and oxygen atoms in total. The van der Waals surface area contributed by atoms with Gasteiger partial charge < -0.3 is 5.11 Å². The van der Waals surface area contributed by atoms with Crippen molar-refractivity contribution in [2.24, 2.45) is 0 Å². The van der Waals surface area contributed by atoms with E-state index in [1.165, 1.54) is 5.48 Å². The number of nitrogens with one attached hydrogen (secondary N) is 1. The molecule has 0 unspecified atom stereocenters. The zero-order chi connectivity index (χ0) is 7.11. The maximum Gasteiger partial charge on any atom is 0.243 e. The van der Waals surface area contributed by atoms with Gasteiger partial charge in [0.05, 0.1) is 0 Å². The first-order valence-electron chi connectivity index (χ1n) is 2.85. The number of rotatable bonds is 4. The molecule has 0 fully saturated rings. The Hall–Kier alpha value is -0.610. The molecule has 0 aromatic carbocycles. The first-order chi connectivity index (χ1) is 4.31. The van der Waals surface area contributed by atoms with Gasteiger partial charge in [-0.3, -0.25) is 10.0 Å². The van der Waals surface area contributed by atoms with Crippen molar-refractivity contribution >= 4 is 5.91 Å². The van der Waals surface area contributed by atoms with E-state index in [9.17, 15) is 4.79 Å². The summed E-state index contributed by atoms with van der Waals surface area (Å²) in [7, 11) is 0. The summed E-state index contributed by atoms with van der Waals surface area (Å²) in [5.41, 5.74) is 1.50. The van der Waals surface area contributed by atoms with Crippen molar-refractivity contribution in [2.45, 2.75) is 19.3 Å². The highest BCUT2D eigenvalue weighted by atomic mass is 16.5. The van der Waals surface area contributed by atoms with Crippen LogP contribution in [0.4, 0.5) is 0 Å². The second kappa shape index (κ2) is 5.53. The van der Waals surface area contributed by atoms with Gasteiger partial charge in [-0.1, -0.05) is 0 Å². The number of carbonyl (C=O) groups is 1. The SMILES string of the molecule is O=C(CCCCO)NO. The molecule has 4 heteroatoms. The molecule has 0 rings (SSSR count). The molecule has 0 aliphatic carbocycles. The van der Waals surface area contributed by atoms with Crippen LogP contribution in [0.1, 0.15) is 19.3 Å². The summed E-state index contributed by atoms with van der Waals surface area (Å²) >= 11 is 0. The lowest BCUT2D eigenvalue weighted by Gasteiger charge is -1.94. The average Bonchev–Trinajstić information content (AvgIpc) is 1.89. The number of amides is 1. The van der Waals surface area contributed by atoms with E-state index in [-0.39, 0.29) is 13.0 Å². The molecule has 0 aliphatic heterocycles. The highest BCUT2D eigenvalue weighted by molar-refractivity contribution is 5.74. The summed E-state index contributed by atoms with van der Waals surface area (Å²) in [5, 5.41) is 16.2. The molecule has 0 saturated carbocycles. The summed E-state index contributed by atoms with van der Waals surface area (Å²) in [6.45, 7) is 0.0959. The van der Waals surface area contributed by atoms with Gasteiger partial charge in [-0.15, -0.1) is 0 Å². The van der Waals surface area contributed by atoms with E-state index in [2.05, 4.69) is 0 Å². The Morgan fingerprint density at radius 3 is 2.56 bits per heavy atom. The molecule has 0 aromatic rings. The van der Waals surface area contributed by atoms with Gasteiger partial charge >= 0.3 is 0 Å². The quantitative estimate of drug-likeness (QED) is 0.279. The number of hydrogen-bond donors (Lipinski definition) is 3. The van der Waals surface area contributed by atoms with Gasteiger partial charge in [-0.2, -0.15) is 0 Å². The van der Waals surface area contributed by atoms with Crippen LogP contribution in [0.5, 0.6) is 0 Å². The second-order valence-corrected chi connectivity index (χ2v) is 1.72. The highest BCUT2D eigenvalue weighted by Crippen LogP contribution is 1.92. The lowest BCUT2D eigenvalue weighted by molar-refractivity contribution is -0.129. The van der Waals surface area contributed by atoms with Crippen molar-refractivity contribution in [3.63, 3.8) is 0 Å². The fourth-order valence-electron chi connectivity index (χ4n) is 0.453. The van der Waals surface area contributed by atoms with Crippen LogP contribution in [0.2, 0.25) is 0 Å². The Bertz CT molecular complexity index is 84.3. The van der Waals surface area contributed by atoms with Crippen LogP contribution in [0.15, 0.2) is 0 Å². The van der Waals surface area contributed by atoms with Crippen molar-refractivity contribution in [3.8, 4) is 0 Å². The molecule has 0 spiro atoms. The fraction of sp³-hybridized carbons (Fsp3) is 0.800. The Labute approximate surface area is 53.5 Å². The molecule has 1 amide bonds. The fourth-order valence-corrected chi connectivity index (χ4v) is 0.453. The third kappa shape index (κ3) is 5.26. The van der Waals surface area contributed by atoms with Crippen LogP contribution < -0.4 is 5.48 Å². The third-order valence-corrected chi connectivity index (χ3v) is 0.937. The lowest BCUT2D eigenvalue weighted by atomic mass is 10.2. The molecule has 0 aromatic heterocycles. The van der Waals surface area contributed by atoms with E-state index < -0.39 is 5.91 Å². The van der Waals surface area contributed by atoms with Crippen molar-refractivity contribution in [3.05, 3.63) is 0 Å². The first kappa shape index (κ1) is 8.39. The standard InChI is InChI=1S/C5H11NO3/c7-4-2-1-3-5(8)6-9/h7,9H,1-4H2,(H,6,8). The molecule has 0 radical (unpaired) electrons. The van der Waals surface area contributed by atoms with E-state index in [1.54, 1.807) is 0 Å². The molecule has 0 bridgehead atoms. The molecule has 3 N–H and O–H groups in total. The first-order valence-corrected chi connectivity index (χ1v) is 2.85. The minimum Gasteiger partial charge on any atom is -0.396 e. The maximum atomic E-state index is 10.2. The largest absolute Gasteiger partial charge is 0.396 e. The van der Waals surface area contributed by atoms with Crippen LogP contribution >= 0.6 is 0 Å². The predicted octanol–water partition coefficient (Wildman–Crippen LogP) is -0.346. The van der Waals surface area contributed by atoms with Gasteiger partial charge in [0.2, 0.25) is 5.91 Å². The minimum atomic E-state index is -0.400. The number of unbranched alkanes of at least 4 members (excludes halogenated alkanes) is 1. The molecular weight excluding hydrogens is 122 g/mol. The van der Waals surface area contributed by atoms with E-state index in [4.69, 9.17) is 10.3 Å². The third-order valence-electron chi connectivity index (χ3n) is 0.937. The normalized spacial score (nSPS) is 9.11. The summed E-state index contributed by atoms with van der Waals surface area (Å²) in [6, 6.07) is 0. The maximum absolute atomic E-state index is 10.2. The van der Waals surface area contributed by atoms with Crippen LogP contribution in [-0.2, 0) is 4.79 Å². The van der Waals surface area contributed by atoms with E-state index in [0.717, 1.165) is 0 Å². The Morgan fingerprint density at radius 1 is 1.44 bits per heavy atom. The van der Waals surface area contributed by atoms with Crippen LogP contribution in [0.3, 0.4) is 0 Å². The van der Waals surface area contributed by atoms with Gasteiger partial charge in [-0.05, 0) is 12.8 Å². The summed E-state index contributed by atoms with van der Waals surface area (Å²) in [6.07, 6.45) is 1.49. The topological polar surface area (TPSA) is 69.6 Å². The zero-order valence-corrected chi connectivity index (χ0v) is 5.13. The minimum absolute atomic E-state index is 0.0959. The van der Waals surface area contributed by atoms with Gasteiger partial charge in [0.1, 0.15) is 0 Å². The average molecular weight is 133 g/mol. The van der Waals surface area contributed by atoms with E-state index in [0.29, 0.717) is 12.8 Å². The zero-order valence-electron chi connectivity index (χ0n) is 5.13. The number of hydrogen-bond acceptors (Lipinski definition) is 3. The van der Waals surface area contributed by atoms with Crippen molar-refractivity contribution in [1.29, 1.82) is 0 Å². The number of aliphatic hydroxyl groups excluding tert-OH is 1. The van der Waals surface area contributed by atoms with Crippen LogP contribution in [0, 0.1) is 0 Å². The Morgan fingerprint density at radius 2 is 2.11 bits per heavy atom. The van der Waals surface area contributed by atoms with Gasteiger partial charge in [0.25, 0.3) is 0 Å². The Balaban J connectivity index is 2.97. The Kier molecular flexibility index (Phi) is 5.15. The number of carbonyl (C=O) groups excluding carboxylic acids is 1. The molecule has 0 heterocycles. The molecule has 54 valence electrons. The predicted molar refractivity (Wildman–Crippen MR) is 30.9 cm³/mol. The summed E-state index contributed by atoms with van der Waals surface area (Å²) in [5.74, 6) is -0.400. The molecule has 0 aliphatic rings. The molecule has 0 atom stereocenters. The second-order valence-electron chi connectivity index (χ2n) is 1.72. The van der Waals surface area contributed by atoms with E-state index >= 15 is 0 Å². The monoisotopic (exact) mass is 133 g/mol. The highest BCUT2D eigenvalue weighted by Gasteiger charge is 1.95. The van der Waals surface area contributed by atoms with Crippen LogP contribution in [0.25, 0.3) is 0 Å². The molecule has 0 saturated heterocycles. The van der Waals surface area contributed by atoms with E-state index in [1.807, 2.05) is 0 Å². The van der Waals surface area contributed by atoms with Gasteiger partial charge in [0.15, 0.2) is 0 Å². The lowest BCUT2D eigenvalue weighted by Crippen LogP contribution is -2.17. The van der Waals surface area contributed by atoms with Crippen molar-refractivity contribution in [2.75, 3.05) is 6.61 Å². The summed E-state index contributed by atoms with van der Waals surface area (Å²) in [4.78, 5) is 10.2. The molecule has 9 heavy (non-hydrogen) atoms. The number of hydroxylamine groups is 1. The van der Waals surface area contributed by atoms with Gasteiger partial charge in [-0.25, -0.2) is 5.48 Å². The van der Waals surface area contributed by atoms with Crippen molar-refractivity contribution in [1.82, 2.24) is 5.48 Å². The van der Waals surface area contributed by atoms with Gasteiger partial charge in [0, 0.05) is 13.0 Å². The van der Waals surface area contributed by atoms with Crippen molar-refractivity contribution < 1.29 is 15.1 Å².